The predicted molar refractivity (Wildman–Crippen MR) is 82.5 cm³/mol. The minimum absolute atomic E-state index is 0.355. The molecule has 0 spiro atoms. The van der Waals surface area contributed by atoms with Crippen molar-refractivity contribution in [1.82, 2.24) is 10.3 Å². The van der Waals surface area contributed by atoms with Crippen molar-refractivity contribution in [3.05, 3.63) is 29.3 Å². The van der Waals surface area contributed by atoms with Crippen LogP contribution in [0, 0.1) is 11.3 Å². The fraction of sp³-hybridized carbons (Fsp3) is 0.562. The van der Waals surface area contributed by atoms with E-state index in [0.29, 0.717) is 11.5 Å². The van der Waals surface area contributed by atoms with Gasteiger partial charge in [-0.1, -0.05) is 26.0 Å². The Hall–Kier alpha value is -0.930. The lowest BCUT2D eigenvalue weighted by molar-refractivity contribution is 0.325. The SMILES string of the molecule is CC(NCC1(C(C)C)CC1)c1nc2ccccc2s1. The largest absolute Gasteiger partial charge is 0.308 e. The fourth-order valence-corrected chi connectivity index (χ4v) is 3.63. The smallest absolute Gasteiger partial charge is 0.111 e. The number of nitrogens with zero attached hydrogens (tertiary/aromatic N) is 1. The molecule has 1 aliphatic carbocycles. The van der Waals surface area contributed by atoms with Crippen LogP contribution in [0.2, 0.25) is 0 Å². The highest BCUT2D eigenvalue weighted by Crippen LogP contribution is 2.51. The molecule has 1 aromatic carbocycles. The molecule has 3 rings (SSSR count). The first kappa shape index (κ1) is 13.1. The number of benzene rings is 1. The van der Waals surface area contributed by atoms with E-state index >= 15 is 0 Å². The second kappa shape index (κ2) is 4.88. The molecule has 2 aromatic rings. The van der Waals surface area contributed by atoms with E-state index in [1.165, 1.54) is 22.5 Å². The van der Waals surface area contributed by atoms with Crippen LogP contribution >= 0.6 is 11.3 Å². The van der Waals surface area contributed by atoms with Gasteiger partial charge in [-0.05, 0) is 43.2 Å². The van der Waals surface area contributed by atoms with Crippen molar-refractivity contribution in [2.75, 3.05) is 6.54 Å². The molecule has 2 nitrogen and oxygen atoms in total. The van der Waals surface area contributed by atoms with Crippen molar-refractivity contribution < 1.29 is 0 Å². The lowest BCUT2D eigenvalue weighted by Gasteiger charge is -2.22. The zero-order valence-corrected chi connectivity index (χ0v) is 12.8. The van der Waals surface area contributed by atoms with Gasteiger partial charge in [0.1, 0.15) is 5.01 Å². The first-order valence-corrected chi connectivity index (χ1v) is 8.01. The number of nitrogens with one attached hydrogen (secondary N) is 1. The molecule has 19 heavy (non-hydrogen) atoms. The number of hydrogen-bond donors (Lipinski definition) is 1. The summed E-state index contributed by atoms with van der Waals surface area (Å²) in [5.41, 5.74) is 1.69. The van der Waals surface area contributed by atoms with Crippen molar-refractivity contribution in [3.8, 4) is 0 Å². The molecule has 0 saturated heterocycles. The molecular formula is C16H22N2S. The Kier molecular flexibility index (Phi) is 3.35. The molecule has 1 saturated carbocycles. The Morgan fingerprint density at radius 2 is 2.00 bits per heavy atom. The van der Waals surface area contributed by atoms with Crippen LogP contribution in [0.15, 0.2) is 24.3 Å². The summed E-state index contributed by atoms with van der Waals surface area (Å²) >= 11 is 1.81. The van der Waals surface area contributed by atoms with E-state index in [9.17, 15) is 0 Å². The molecule has 0 aliphatic heterocycles. The Morgan fingerprint density at radius 1 is 1.26 bits per heavy atom. The highest BCUT2D eigenvalue weighted by molar-refractivity contribution is 7.18. The average Bonchev–Trinajstić information content (AvgIpc) is 3.07. The van der Waals surface area contributed by atoms with Crippen LogP contribution in [-0.2, 0) is 0 Å². The number of fused-ring (bicyclic) bond motifs is 1. The van der Waals surface area contributed by atoms with Crippen LogP contribution < -0.4 is 5.32 Å². The third kappa shape index (κ3) is 2.54. The molecule has 1 fully saturated rings. The first-order chi connectivity index (χ1) is 9.11. The third-order valence-electron chi connectivity index (χ3n) is 4.56. The Bertz CT molecular complexity index is 536. The van der Waals surface area contributed by atoms with Gasteiger partial charge in [0.15, 0.2) is 0 Å². The van der Waals surface area contributed by atoms with E-state index < -0.39 is 0 Å². The van der Waals surface area contributed by atoms with E-state index in [-0.39, 0.29) is 0 Å². The molecule has 0 bridgehead atoms. The molecule has 0 radical (unpaired) electrons. The van der Waals surface area contributed by atoms with Gasteiger partial charge in [-0.15, -0.1) is 11.3 Å². The van der Waals surface area contributed by atoms with Crippen LogP contribution in [0.1, 0.15) is 44.7 Å². The molecule has 1 atom stereocenters. The summed E-state index contributed by atoms with van der Waals surface area (Å²) in [5.74, 6) is 0.780. The highest BCUT2D eigenvalue weighted by Gasteiger charge is 2.44. The monoisotopic (exact) mass is 274 g/mol. The minimum Gasteiger partial charge on any atom is -0.308 e. The Morgan fingerprint density at radius 3 is 2.63 bits per heavy atom. The maximum atomic E-state index is 4.73. The van der Waals surface area contributed by atoms with Crippen molar-refractivity contribution in [1.29, 1.82) is 0 Å². The Balaban J connectivity index is 1.68. The molecular weight excluding hydrogens is 252 g/mol. The molecule has 0 amide bonds. The molecule has 3 heteroatoms. The zero-order valence-electron chi connectivity index (χ0n) is 11.9. The lowest BCUT2D eigenvalue weighted by atomic mass is 9.92. The van der Waals surface area contributed by atoms with E-state index in [1.807, 2.05) is 11.3 Å². The first-order valence-electron chi connectivity index (χ1n) is 7.20. The van der Waals surface area contributed by atoms with Gasteiger partial charge in [-0.2, -0.15) is 0 Å². The maximum Gasteiger partial charge on any atom is 0.111 e. The van der Waals surface area contributed by atoms with Crippen LogP contribution in [0.3, 0.4) is 0 Å². The molecule has 102 valence electrons. The topological polar surface area (TPSA) is 24.9 Å². The summed E-state index contributed by atoms with van der Waals surface area (Å²) in [5, 5.41) is 4.90. The van der Waals surface area contributed by atoms with Gasteiger partial charge < -0.3 is 5.32 Å². The summed E-state index contributed by atoms with van der Waals surface area (Å²) in [6.07, 6.45) is 2.76. The van der Waals surface area contributed by atoms with Crippen molar-refractivity contribution >= 4 is 21.6 Å². The van der Waals surface area contributed by atoms with Gasteiger partial charge in [0.05, 0.1) is 16.3 Å². The van der Waals surface area contributed by atoms with Gasteiger partial charge in [0, 0.05) is 6.54 Å². The van der Waals surface area contributed by atoms with E-state index in [1.54, 1.807) is 0 Å². The van der Waals surface area contributed by atoms with Crippen LogP contribution in [-0.4, -0.2) is 11.5 Å². The number of rotatable bonds is 5. The number of thiazole rings is 1. The second-order valence-electron chi connectivity index (χ2n) is 6.14. The summed E-state index contributed by atoms with van der Waals surface area (Å²) in [4.78, 5) is 4.73. The van der Waals surface area contributed by atoms with Crippen molar-refractivity contribution in [2.45, 2.75) is 39.7 Å². The minimum atomic E-state index is 0.355. The molecule has 1 unspecified atom stereocenters. The van der Waals surface area contributed by atoms with Gasteiger partial charge >= 0.3 is 0 Å². The van der Waals surface area contributed by atoms with Crippen LogP contribution in [0.4, 0.5) is 0 Å². The van der Waals surface area contributed by atoms with Crippen molar-refractivity contribution in [3.63, 3.8) is 0 Å². The normalized spacial score (nSPS) is 18.9. The quantitative estimate of drug-likeness (QED) is 0.875. The van der Waals surface area contributed by atoms with Gasteiger partial charge in [0.2, 0.25) is 0 Å². The molecule has 1 heterocycles. The lowest BCUT2D eigenvalue weighted by Crippen LogP contribution is -2.29. The second-order valence-corrected chi connectivity index (χ2v) is 7.20. The zero-order chi connectivity index (χ0) is 13.5. The van der Waals surface area contributed by atoms with Crippen molar-refractivity contribution in [2.24, 2.45) is 11.3 Å². The summed E-state index contributed by atoms with van der Waals surface area (Å²) in [6, 6.07) is 8.74. The molecule has 1 aromatic heterocycles. The van der Waals surface area contributed by atoms with E-state index in [2.05, 4.69) is 50.4 Å². The Labute approximate surface area is 119 Å². The molecule has 1 N–H and O–H groups in total. The van der Waals surface area contributed by atoms with Gasteiger partial charge in [0.25, 0.3) is 0 Å². The number of hydrogen-bond acceptors (Lipinski definition) is 3. The van der Waals surface area contributed by atoms with Gasteiger partial charge in [-0.3, -0.25) is 0 Å². The molecule has 1 aliphatic rings. The summed E-state index contributed by atoms with van der Waals surface area (Å²) < 4.78 is 1.29. The third-order valence-corrected chi connectivity index (χ3v) is 5.78. The van der Waals surface area contributed by atoms with Gasteiger partial charge in [-0.25, -0.2) is 4.98 Å². The van der Waals surface area contributed by atoms with E-state index in [4.69, 9.17) is 4.98 Å². The summed E-state index contributed by atoms with van der Waals surface area (Å²) in [6.45, 7) is 8.05. The fourth-order valence-electron chi connectivity index (χ4n) is 2.64. The highest BCUT2D eigenvalue weighted by atomic mass is 32.1. The van der Waals surface area contributed by atoms with Crippen LogP contribution in [0.5, 0.6) is 0 Å². The van der Waals surface area contributed by atoms with Crippen LogP contribution in [0.25, 0.3) is 10.2 Å². The maximum absolute atomic E-state index is 4.73. The average molecular weight is 274 g/mol. The number of aromatic nitrogens is 1. The standard InChI is InChI=1S/C16H22N2S/c1-11(2)16(8-9-16)10-17-12(3)15-18-13-6-4-5-7-14(13)19-15/h4-7,11-12,17H,8-10H2,1-3H3. The number of para-hydroxylation sites is 1. The van der Waals surface area contributed by atoms with E-state index in [0.717, 1.165) is 18.0 Å². The predicted octanol–water partition coefficient (Wildman–Crippen LogP) is 4.38. The summed E-state index contributed by atoms with van der Waals surface area (Å²) in [7, 11) is 0.